The van der Waals surface area contributed by atoms with Crippen molar-refractivity contribution < 1.29 is 24.2 Å². The van der Waals surface area contributed by atoms with E-state index in [1.807, 2.05) is 19.9 Å². The second-order valence-corrected chi connectivity index (χ2v) is 7.33. The fourth-order valence-electron chi connectivity index (χ4n) is 3.49. The summed E-state index contributed by atoms with van der Waals surface area (Å²) in [7, 11) is 1.54. The largest absolute Gasteiger partial charge is 0.497 e. The molecule has 2 aromatic rings. The Bertz CT molecular complexity index is 967. The molecule has 0 radical (unpaired) electrons. The minimum atomic E-state index is -1.12. The van der Waals surface area contributed by atoms with Crippen molar-refractivity contribution >= 4 is 23.5 Å². The number of amides is 2. The molecule has 1 unspecified atom stereocenters. The van der Waals surface area contributed by atoms with Crippen LogP contribution in [0.2, 0.25) is 0 Å². The van der Waals surface area contributed by atoms with Gasteiger partial charge < -0.3 is 14.7 Å². The molecule has 1 aliphatic heterocycles. The molecule has 0 fully saturated rings. The topological polar surface area (TPSA) is 87.2 Å². The molecule has 30 heavy (non-hydrogen) atoms. The predicted molar refractivity (Wildman–Crippen MR) is 112 cm³/mol. The van der Waals surface area contributed by atoms with Crippen LogP contribution in [0.4, 0.5) is 0 Å². The summed E-state index contributed by atoms with van der Waals surface area (Å²) in [5.41, 5.74) is 1.44. The summed E-state index contributed by atoms with van der Waals surface area (Å²) < 4.78 is 5.14. The van der Waals surface area contributed by atoms with E-state index in [4.69, 9.17) is 4.74 Å². The van der Waals surface area contributed by atoms with Gasteiger partial charge in [-0.25, -0.2) is 0 Å². The molecule has 2 aromatic carbocycles. The first-order valence-corrected chi connectivity index (χ1v) is 9.60. The summed E-state index contributed by atoms with van der Waals surface area (Å²) in [6.07, 6.45) is 1.58. The second kappa shape index (κ2) is 8.82. The molecule has 1 atom stereocenters. The van der Waals surface area contributed by atoms with Gasteiger partial charge in [-0.15, -0.1) is 0 Å². The lowest BCUT2D eigenvalue weighted by molar-refractivity contribution is -0.144. The zero-order valence-electron chi connectivity index (χ0n) is 17.1. The molecule has 7 heteroatoms. The van der Waals surface area contributed by atoms with E-state index in [9.17, 15) is 19.5 Å². The molecule has 0 aromatic heterocycles. The Kier molecular flexibility index (Phi) is 6.20. The van der Waals surface area contributed by atoms with Crippen LogP contribution in [0.5, 0.6) is 5.75 Å². The van der Waals surface area contributed by atoms with Gasteiger partial charge in [-0.2, -0.15) is 0 Å². The molecule has 1 heterocycles. The van der Waals surface area contributed by atoms with Crippen LogP contribution in [0.15, 0.2) is 60.8 Å². The van der Waals surface area contributed by atoms with Gasteiger partial charge in [-0.3, -0.25) is 19.3 Å². The van der Waals surface area contributed by atoms with Crippen molar-refractivity contribution in [1.29, 1.82) is 0 Å². The average molecular weight is 408 g/mol. The van der Waals surface area contributed by atoms with E-state index < -0.39 is 24.5 Å². The lowest BCUT2D eigenvalue weighted by atomic mass is 9.96. The summed E-state index contributed by atoms with van der Waals surface area (Å²) >= 11 is 0. The van der Waals surface area contributed by atoms with E-state index >= 15 is 0 Å². The highest BCUT2D eigenvalue weighted by atomic mass is 16.5. The van der Waals surface area contributed by atoms with Gasteiger partial charge in [0.15, 0.2) is 0 Å². The van der Waals surface area contributed by atoms with Gasteiger partial charge >= 0.3 is 5.97 Å². The summed E-state index contributed by atoms with van der Waals surface area (Å²) in [6, 6.07) is 14.8. The minimum absolute atomic E-state index is 0.218. The first-order valence-electron chi connectivity index (χ1n) is 9.60. The van der Waals surface area contributed by atoms with Crippen LogP contribution >= 0.6 is 0 Å². The number of ether oxygens (including phenoxy) is 1. The van der Waals surface area contributed by atoms with Crippen LogP contribution in [0.3, 0.4) is 0 Å². The highest BCUT2D eigenvalue weighted by Crippen LogP contribution is 2.31. The van der Waals surface area contributed by atoms with E-state index in [0.717, 1.165) is 0 Å². The van der Waals surface area contributed by atoms with Gasteiger partial charge in [-0.1, -0.05) is 44.2 Å². The Balaban J connectivity index is 2.11. The van der Waals surface area contributed by atoms with Gasteiger partial charge in [0.25, 0.3) is 11.8 Å². The third-order valence-electron chi connectivity index (χ3n) is 4.94. The van der Waals surface area contributed by atoms with Gasteiger partial charge in [0, 0.05) is 11.8 Å². The van der Waals surface area contributed by atoms with E-state index in [2.05, 4.69) is 0 Å². The molecule has 0 spiro atoms. The Morgan fingerprint density at radius 3 is 2.23 bits per heavy atom. The fourth-order valence-corrected chi connectivity index (χ4v) is 3.49. The number of methoxy groups -OCH3 is 1. The normalized spacial score (nSPS) is 16.5. The number of hydrogen-bond donors (Lipinski definition) is 1. The number of hydrogen-bond acceptors (Lipinski definition) is 4. The molecule has 156 valence electrons. The third kappa shape index (κ3) is 4.20. The van der Waals surface area contributed by atoms with E-state index in [-0.39, 0.29) is 11.8 Å². The molecular weight excluding hydrogens is 384 g/mol. The number of aliphatic carboxylic acids is 1. The zero-order valence-corrected chi connectivity index (χ0v) is 17.1. The molecule has 1 N–H and O–H groups in total. The van der Waals surface area contributed by atoms with Crippen LogP contribution in [0, 0.1) is 5.92 Å². The van der Waals surface area contributed by atoms with E-state index in [1.165, 1.54) is 9.80 Å². The molecule has 3 rings (SSSR count). The molecule has 2 amide bonds. The summed E-state index contributed by atoms with van der Waals surface area (Å²) in [5, 5.41) is 9.36. The quantitative estimate of drug-likeness (QED) is 0.794. The molecule has 0 bridgehead atoms. The number of nitrogens with zero attached hydrogens (tertiary/aromatic N) is 2. The van der Waals surface area contributed by atoms with Gasteiger partial charge in [-0.05, 0) is 35.7 Å². The maximum absolute atomic E-state index is 13.3. The van der Waals surface area contributed by atoms with Crippen molar-refractivity contribution in [3.05, 3.63) is 71.9 Å². The first-order chi connectivity index (χ1) is 14.3. The summed E-state index contributed by atoms with van der Waals surface area (Å²) in [6.45, 7) is 3.18. The van der Waals surface area contributed by atoms with Crippen molar-refractivity contribution in [2.45, 2.75) is 19.9 Å². The van der Waals surface area contributed by atoms with E-state index in [0.29, 0.717) is 22.6 Å². The maximum atomic E-state index is 13.3. The van der Waals surface area contributed by atoms with Crippen molar-refractivity contribution in [3.8, 4) is 5.75 Å². The van der Waals surface area contributed by atoms with Crippen LogP contribution in [0.25, 0.3) is 5.70 Å². The van der Waals surface area contributed by atoms with Gasteiger partial charge in [0.05, 0.1) is 12.8 Å². The Labute approximate surface area is 175 Å². The molecule has 0 aliphatic carbocycles. The van der Waals surface area contributed by atoms with Crippen molar-refractivity contribution in [2.75, 3.05) is 13.7 Å². The third-order valence-corrected chi connectivity index (χ3v) is 4.94. The summed E-state index contributed by atoms with van der Waals surface area (Å²) in [5.74, 6) is -1.48. The number of carbonyl (C=O) groups is 3. The van der Waals surface area contributed by atoms with Crippen LogP contribution < -0.4 is 4.74 Å². The Hall–Kier alpha value is -3.61. The van der Waals surface area contributed by atoms with Crippen LogP contribution in [0.1, 0.15) is 29.8 Å². The number of carbonyl (C=O) groups excluding carboxylic acids is 2. The molecule has 7 nitrogen and oxygen atoms in total. The summed E-state index contributed by atoms with van der Waals surface area (Å²) in [4.78, 5) is 40.8. The molecule has 0 saturated carbocycles. The molecule has 0 saturated heterocycles. The number of carboxylic acid groups (broad SMARTS) is 1. The molecular formula is C23H24N2O5. The lowest BCUT2D eigenvalue weighted by Crippen LogP contribution is -2.55. The number of carboxylic acids is 1. The van der Waals surface area contributed by atoms with Crippen LogP contribution in [-0.2, 0) is 9.59 Å². The lowest BCUT2D eigenvalue weighted by Gasteiger charge is -2.40. The first kappa shape index (κ1) is 21.1. The average Bonchev–Trinajstić information content (AvgIpc) is 2.74. The number of benzene rings is 2. The highest BCUT2D eigenvalue weighted by molar-refractivity contribution is 6.03. The van der Waals surface area contributed by atoms with Gasteiger partial charge in [0.2, 0.25) is 0 Å². The standard InChI is InChI=1S/C23H24N2O5/c1-15(2)21-23(29)24(14-20(26)27)19(16-7-5-4-6-8-16)13-25(21)22(28)17-9-11-18(30-3)12-10-17/h4-13,15,21H,14H2,1-3H3,(H,26,27). The van der Waals surface area contributed by atoms with Crippen molar-refractivity contribution in [1.82, 2.24) is 9.80 Å². The van der Waals surface area contributed by atoms with Crippen molar-refractivity contribution in [3.63, 3.8) is 0 Å². The SMILES string of the molecule is COc1ccc(C(=O)N2C=C(c3ccccc3)N(CC(=O)O)C(=O)C2C(C)C)cc1. The Morgan fingerprint density at radius 2 is 1.70 bits per heavy atom. The minimum Gasteiger partial charge on any atom is -0.497 e. The highest BCUT2D eigenvalue weighted by Gasteiger charge is 2.41. The molecule has 1 aliphatic rings. The van der Waals surface area contributed by atoms with Gasteiger partial charge in [0.1, 0.15) is 18.3 Å². The van der Waals surface area contributed by atoms with Crippen LogP contribution in [-0.4, -0.2) is 52.4 Å². The Morgan fingerprint density at radius 1 is 1.07 bits per heavy atom. The van der Waals surface area contributed by atoms with Crippen molar-refractivity contribution in [2.24, 2.45) is 5.92 Å². The zero-order chi connectivity index (χ0) is 21.8. The predicted octanol–water partition coefficient (Wildman–Crippen LogP) is 3.09. The monoisotopic (exact) mass is 408 g/mol. The van der Waals surface area contributed by atoms with E-state index in [1.54, 1.807) is 61.8 Å². The second-order valence-electron chi connectivity index (χ2n) is 7.33. The maximum Gasteiger partial charge on any atom is 0.323 e. The smallest absolute Gasteiger partial charge is 0.323 e. The number of rotatable bonds is 6. The fraction of sp³-hybridized carbons (Fsp3) is 0.261.